The Labute approximate surface area is 158 Å². The minimum atomic E-state index is -3.87. The van der Waals surface area contributed by atoms with E-state index in [2.05, 4.69) is 10.5 Å². The lowest BCUT2D eigenvalue weighted by molar-refractivity contribution is -0.116. The molecule has 0 aliphatic rings. The van der Waals surface area contributed by atoms with Crippen LogP contribution < -0.4 is 10.1 Å². The van der Waals surface area contributed by atoms with Crippen molar-refractivity contribution < 1.29 is 27.2 Å². The zero-order valence-electron chi connectivity index (χ0n) is 15.5. The van der Waals surface area contributed by atoms with Crippen molar-refractivity contribution in [1.82, 2.24) is 9.46 Å². The summed E-state index contributed by atoms with van der Waals surface area (Å²) in [6, 6.07) is 7.54. The maximum Gasteiger partial charge on any atom is 0.243 e. The van der Waals surface area contributed by atoms with Crippen LogP contribution in [0.2, 0.25) is 0 Å². The quantitative estimate of drug-likeness (QED) is 0.607. The molecule has 2 rings (SSSR count). The van der Waals surface area contributed by atoms with Crippen molar-refractivity contribution in [3.05, 3.63) is 36.1 Å². The third-order valence-corrected chi connectivity index (χ3v) is 5.53. The molecule has 1 aromatic heterocycles. The molecule has 1 N–H and O–H groups in total. The molecule has 0 unspecified atom stereocenters. The highest BCUT2D eigenvalue weighted by atomic mass is 32.2. The number of amides is 1. The Morgan fingerprint density at radius 1 is 1.26 bits per heavy atom. The third-order valence-electron chi connectivity index (χ3n) is 3.67. The first-order valence-electron chi connectivity index (χ1n) is 8.23. The Balaban J connectivity index is 2.16. The van der Waals surface area contributed by atoms with Crippen LogP contribution in [-0.4, -0.2) is 57.7 Å². The highest BCUT2D eigenvalue weighted by Gasteiger charge is 2.26. The van der Waals surface area contributed by atoms with Gasteiger partial charge in [0.25, 0.3) is 0 Å². The minimum Gasteiger partial charge on any atom is -0.497 e. The van der Waals surface area contributed by atoms with E-state index in [9.17, 15) is 13.2 Å². The monoisotopic (exact) mass is 397 g/mol. The van der Waals surface area contributed by atoms with Crippen LogP contribution in [0.25, 0.3) is 0 Å². The van der Waals surface area contributed by atoms with Crippen LogP contribution in [0.15, 0.2) is 39.8 Å². The van der Waals surface area contributed by atoms with Gasteiger partial charge in [0.05, 0.1) is 18.6 Å². The van der Waals surface area contributed by atoms with Crippen molar-refractivity contribution in [2.24, 2.45) is 0 Å². The number of anilines is 1. The van der Waals surface area contributed by atoms with Crippen molar-refractivity contribution in [3.63, 3.8) is 0 Å². The number of aromatic nitrogens is 1. The number of sulfonamides is 1. The molecule has 0 saturated carbocycles. The number of ether oxygens (including phenoxy) is 2. The minimum absolute atomic E-state index is 0.0748. The normalized spacial score (nSPS) is 11.6. The predicted octanol–water partition coefficient (Wildman–Crippen LogP) is 1.66. The van der Waals surface area contributed by atoms with Gasteiger partial charge in [0.15, 0.2) is 5.82 Å². The van der Waals surface area contributed by atoms with Crippen LogP contribution in [0, 0.1) is 6.92 Å². The molecule has 0 radical (unpaired) electrons. The molecule has 0 atom stereocenters. The Kier molecular flexibility index (Phi) is 7.34. The second-order valence-electron chi connectivity index (χ2n) is 5.73. The number of benzene rings is 1. The topological polar surface area (TPSA) is 111 Å². The van der Waals surface area contributed by atoms with Gasteiger partial charge in [0.2, 0.25) is 15.9 Å². The fourth-order valence-electron chi connectivity index (χ4n) is 2.33. The van der Waals surface area contributed by atoms with Crippen molar-refractivity contribution in [2.75, 3.05) is 39.2 Å². The summed E-state index contributed by atoms with van der Waals surface area (Å²) in [4.78, 5) is 12.4. The van der Waals surface area contributed by atoms with Crippen LogP contribution in [0.1, 0.15) is 12.2 Å². The summed E-state index contributed by atoms with van der Waals surface area (Å²) in [5.74, 6) is 0.793. The van der Waals surface area contributed by atoms with Crippen molar-refractivity contribution >= 4 is 21.7 Å². The van der Waals surface area contributed by atoms with Crippen LogP contribution in [0.4, 0.5) is 5.82 Å². The SMILES string of the molecule is COCCCN(CC(=O)Nc1cc(C)on1)S(=O)(=O)c1ccc(OC)cc1. The molecule has 0 saturated heterocycles. The van der Waals surface area contributed by atoms with E-state index in [4.69, 9.17) is 14.0 Å². The fourth-order valence-corrected chi connectivity index (χ4v) is 3.77. The van der Waals surface area contributed by atoms with E-state index in [0.717, 1.165) is 4.31 Å². The number of rotatable bonds is 10. The first-order valence-corrected chi connectivity index (χ1v) is 9.67. The number of nitrogens with zero attached hydrogens (tertiary/aromatic N) is 2. The highest BCUT2D eigenvalue weighted by Crippen LogP contribution is 2.20. The maximum absolute atomic E-state index is 12.9. The summed E-state index contributed by atoms with van der Waals surface area (Å²) in [6.45, 7) is 1.84. The van der Waals surface area contributed by atoms with Crippen LogP contribution in [0.3, 0.4) is 0 Å². The third kappa shape index (κ3) is 5.78. The van der Waals surface area contributed by atoms with Crippen molar-refractivity contribution in [3.8, 4) is 5.75 Å². The molecule has 27 heavy (non-hydrogen) atoms. The molecule has 0 aliphatic carbocycles. The van der Waals surface area contributed by atoms with Gasteiger partial charge < -0.3 is 19.3 Å². The van der Waals surface area contributed by atoms with Crippen LogP contribution in [0.5, 0.6) is 5.75 Å². The smallest absolute Gasteiger partial charge is 0.243 e. The molecule has 1 amide bonds. The van der Waals surface area contributed by atoms with E-state index in [1.54, 1.807) is 25.1 Å². The Bertz CT molecular complexity index is 848. The number of aryl methyl sites for hydroxylation is 1. The number of nitrogens with one attached hydrogen (secondary N) is 1. The van der Waals surface area contributed by atoms with E-state index in [-0.39, 0.29) is 23.8 Å². The number of hydrogen-bond donors (Lipinski definition) is 1. The van der Waals surface area contributed by atoms with E-state index >= 15 is 0 Å². The summed E-state index contributed by atoms with van der Waals surface area (Å²) in [6.07, 6.45) is 0.447. The number of hydrogen-bond acceptors (Lipinski definition) is 7. The molecule has 0 fully saturated rings. The molecule has 2 aromatic rings. The second-order valence-corrected chi connectivity index (χ2v) is 7.67. The van der Waals surface area contributed by atoms with Gasteiger partial charge in [-0.2, -0.15) is 4.31 Å². The van der Waals surface area contributed by atoms with Crippen LogP contribution >= 0.6 is 0 Å². The largest absolute Gasteiger partial charge is 0.497 e. The van der Waals surface area contributed by atoms with E-state index in [0.29, 0.717) is 24.5 Å². The molecule has 0 spiro atoms. The lowest BCUT2D eigenvalue weighted by Crippen LogP contribution is -2.39. The van der Waals surface area contributed by atoms with Crippen molar-refractivity contribution in [1.29, 1.82) is 0 Å². The molecule has 148 valence electrons. The summed E-state index contributed by atoms with van der Waals surface area (Å²) < 4.78 is 41.9. The van der Waals surface area contributed by atoms with Gasteiger partial charge in [-0.1, -0.05) is 5.16 Å². The molecule has 1 aromatic carbocycles. The Morgan fingerprint density at radius 2 is 1.96 bits per heavy atom. The van der Waals surface area contributed by atoms with Gasteiger partial charge in [0.1, 0.15) is 11.5 Å². The summed E-state index contributed by atoms with van der Waals surface area (Å²) in [5, 5.41) is 6.19. The van der Waals surface area contributed by atoms with Gasteiger partial charge in [-0.25, -0.2) is 8.42 Å². The van der Waals surface area contributed by atoms with Gasteiger partial charge >= 0.3 is 0 Å². The average Bonchev–Trinajstić information content (AvgIpc) is 3.05. The zero-order chi connectivity index (χ0) is 19.9. The van der Waals surface area contributed by atoms with Gasteiger partial charge in [0, 0.05) is 26.3 Å². The van der Waals surface area contributed by atoms with Crippen LogP contribution in [-0.2, 0) is 19.6 Å². The molecule has 10 heteroatoms. The van der Waals surface area contributed by atoms with E-state index < -0.39 is 15.9 Å². The van der Waals surface area contributed by atoms with E-state index in [1.807, 2.05) is 0 Å². The standard InChI is InChI=1S/C17H23N3O6S/c1-13-11-16(19-26-13)18-17(21)12-20(9-4-10-24-2)27(22,23)15-7-5-14(25-3)6-8-15/h5-8,11H,4,9-10,12H2,1-3H3,(H,18,19,21). The highest BCUT2D eigenvalue weighted by molar-refractivity contribution is 7.89. The molecule has 1 heterocycles. The molecule has 9 nitrogen and oxygen atoms in total. The Morgan fingerprint density at radius 3 is 2.52 bits per heavy atom. The zero-order valence-corrected chi connectivity index (χ0v) is 16.3. The molecule has 0 bridgehead atoms. The lowest BCUT2D eigenvalue weighted by Gasteiger charge is -2.21. The molecular formula is C17H23N3O6S. The molecular weight excluding hydrogens is 374 g/mol. The first-order chi connectivity index (χ1) is 12.9. The fraction of sp³-hybridized carbons (Fsp3) is 0.412. The van der Waals surface area contributed by atoms with E-state index in [1.165, 1.54) is 26.4 Å². The maximum atomic E-state index is 12.9. The molecule has 0 aliphatic heterocycles. The number of methoxy groups -OCH3 is 2. The van der Waals surface area contributed by atoms with Gasteiger partial charge in [-0.15, -0.1) is 0 Å². The first kappa shape index (κ1) is 20.9. The number of carbonyl (C=O) groups is 1. The van der Waals surface area contributed by atoms with Gasteiger partial charge in [-0.05, 0) is 37.6 Å². The summed E-state index contributed by atoms with van der Waals surface area (Å²) >= 11 is 0. The predicted molar refractivity (Wildman–Crippen MR) is 98.1 cm³/mol. The lowest BCUT2D eigenvalue weighted by atomic mass is 10.3. The van der Waals surface area contributed by atoms with Gasteiger partial charge in [-0.3, -0.25) is 4.79 Å². The summed E-state index contributed by atoms with van der Waals surface area (Å²) in [7, 11) is -0.845. The Hall–Kier alpha value is -2.43. The number of carbonyl (C=O) groups excluding carboxylic acids is 1. The second kappa shape index (κ2) is 9.49. The van der Waals surface area contributed by atoms with Crippen molar-refractivity contribution in [2.45, 2.75) is 18.2 Å². The summed E-state index contributed by atoms with van der Waals surface area (Å²) in [5.41, 5.74) is 0. The average molecular weight is 397 g/mol.